The molecule has 0 radical (unpaired) electrons. The van der Waals surface area contributed by atoms with E-state index >= 15 is 0 Å². The molecule has 134 valence electrons. The van der Waals surface area contributed by atoms with E-state index in [1.54, 1.807) is 0 Å². The molecule has 3 nitrogen and oxygen atoms in total. The van der Waals surface area contributed by atoms with Gasteiger partial charge in [0.15, 0.2) is 4.47 Å². The van der Waals surface area contributed by atoms with Gasteiger partial charge in [0, 0.05) is 19.0 Å². The predicted octanol–water partition coefficient (Wildman–Crippen LogP) is 7.48. The number of anilines is 1. The van der Waals surface area contributed by atoms with Crippen LogP contribution in [-0.2, 0) is 4.79 Å². The van der Waals surface area contributed by atoms with Gasteiger partial charge in [-0.25, -0.2) is 4.98 Å². The minimum atomic E-state index is -0.0905. The summed E-state index contributed by atoms with van der Waals surface area (Å²) < 4.78 is 4.08. The van der Waals surface area contributed by atoms with Gasteiger partial charge in [-0.1, -0.05) is 73.0 Å². The quantitative estimate of drug-likeness (QED) is 0.310. The Balaban J connectivity index is 1.74. The molecule has 26 heavy (non-hydrogen) atoms. The standard InChI is InChI=1S/C17H10Br3ClN2OS2/c18-9-5-6-10(12(20)7-9)15-16(26-17(21)23-15)25-8-14(24)22-13-4-2-1-3-11(13)19/h1-7H,8H2,(H,22,24). The van der Waals surface area contributed by atoms with Gasteiger partial charge >= 0.3 is 0 Å². The van der Waals surface area contributed by atoms with E-state index in [0.717, 1.165) is 34.6 Å². The highest BCUT2D eigenvalue weighted by atomic mass is 79.9. The second-order valence-corrected chi connectivity index (χ2v) is 10.5. The molecule has 0 saturated heterocycles. The number of thioether (sulfide) groups is 1. The first-order valence-electron chi connectivity index (χ1n) is 7.23. The molecule has 0 aliphatic carbocycles. The number of thiazole rings is 1. The number of benzene rings is 2. The number of nitrogens with zero attached hydrogens (tertiary/aromatic N) is 1. The van der Waals surface area contributed by atoms with Gasteiger partial charge in [0.2, 0.25) is 5.91 Å². The van der Waals surface area contributed by atoms with Crippen LogP contribution in [0.5, 0.6) is 0 Å². The number of aromatic nitrogens is 1. The highest BCUT2D eigenvalue weighted by Gasteiger charge is 2.17. The van der Waals surface area contributed by atoms with Gasteiger partial charge in [0.05, 0.1) is 21.3 Å². The maximum atomic E-state index is 12.3. The third-order valence-electron chi connectivity index (χ3n) is 3.24. The van der Waals surface area contributed by atoms with Gasteiger partial charge in [-0.3, -0.25) is 4.79 Å². The maximum absolute atomic E-state index is 12.3. The Kier molecular flexibility index (Phi) is 7.21. The topological polar surface area (TPSA) is 42.0 Å². The fraction of sp³-hybridized carbons (Fsp3) is 0.0588. The van der Waals surface area contributed by atoms with E-state index in [0.29, 0.717) is 4.47 Å². The minimum Gasteiger partial charge on any atom is -0.324 e. The number of amides is 1. The second-order valence-electron chi connectivity index (χ2n) is 5.04. The molecule has 0 unspecified atom stereocenters. The van der Waals surface area contributed by atoms with Crippen LogP contribution in [0.4, 0.5) is 5.69 Å². The van der Waals surface area contributed by atoms with Crippen molar-refractivity contribution in [3.8, 4) is 11.3 Å². The van der Waals surface area contributed by atoms with E-state index in [1.165, 1.54) is 23.1 Å². The molecular weight excluding hydrogens is 587 g/mol. The van der Waals surface area contributed by atoms with Gasteiger partial charge < -0.3 is 5.32 Å². The lowest BCUT2D eigenvalue weighted by molar-refractivity contribution is -0.113. The molecule has 0 aliphatic heterocycles. The summed E-state index contributed by atoms with van der Waals surface area (Å²) in [5, 5.41) is 2.89. The molecule has 1 heterocycles. The van der Waals surface area contributed by atoms with Gasteiger partial charge in [0.25, 0.3) is 0 Å². The first-order valence-corrected chi connectivity index (χ1v) is 11.8. The van der Waals surface area contributed by atoms with Crippen LogP contribution in [0, 0.1) is 0 Å². The van der Waals surface area contributed by atoms with Crippen molar-refractivity contribution in [2.24, 2.45) is 0 Å². The molecule has 2 aromatic carbocycles. The second kappa shape index (κ2) is 9.21. The van der Waals surface area contributed by atoms with Crippen molar-refractivity contribution in [1.29, 1.82) is 0 Å². The number of rotatable bonds is 5. The summed E-state index contributed by atoms with van der Waals surface area (Å²) in [5.74, 6) is 0.174. The van der Waals surface area contributed by atoms with Crippen molar-refractivity contribution in [2.75, 3.05) is 11.1 Å². The normalized spacial score (nSPS) is 10.8. The summed E-state index contributed by atoms with van der Waals surface area (Å²) in [4.78, 5) is 16.7. The Bertz CT molecular complexity index is 965. The van der Waals surface area contributed by atoms with Crippen LogP contribution in [0.1, 0.15) is 0 Å². The molecule has 9 heteroatoms. The van der Waals surface area contributed by atoms with Crippen LogP contribution in [0.25, 0.3) is 11.3 Å². The molecular formula is C17H10Br3ClN2OS2. The largest absolute Gasteiger partial charge is 0.324 e. The number of hydrogen-bond acceptors (Lipinski definition) is 4. The smallest absolute Gasteiger partial charge is 0.234 e. The first kappa shape index (κ1) is 20.4. The van der Waals surface area contributed by atoms with E-state index in [4.69, 9.17) is 11.6 Å². The molecule has 0 spiro atoms. The summed E-state index contributed by atoms with van der Waals surface area (Å²) in [7, 11) is 0. The van der Waals surface area contributed by atoms with Gasteiger partial charge in [0.1, 0.15) is 0 Å². The van der Waals surface area contributed by atoms with E-state index in [9.17, 15) is 4.79 Å². The molecule has 0 saturated carbocycles. The SMILES string of the molecule is O=C(CSc1sc(Cl)nc1-c1ccc(Br)cc1Br)Nc1ccccc1Br. The summed E-state index contributed by atoms with van der Waals surface area (Å²) in [5.41, 5.74) is 2.46. The Morgan fingerprint density at radius 3 is 2.65 bits per heavy atom. The van der Waals surface area contributed by atoms with Gasteiger partial charge in [-0.15, -0.1) is 11.8 Å². The van der Waals surface area contributed by atoms with Crippen LogP contribution in [-0.4, -0.2) is 16.6 Å². The lowest BCUT2D eigenvalue weighted by Crippen LogP contribution is -2.14. The van der Waals surface area contributed by atoms with Crippen LogP contribution in [0.15, 0.2) is 60.1 Å². The van der Waals surface area contributed by atoms with Crippen LogP contribution in [0.3, 0.4) is 0 Å². The molecule has 0 atom stereocenters. The number of nitrogens with one attached hydrogen (secondary N) is 1. The van der Waals surface area contributed by atoms with Crippen LogP contribution >= 0.6 is 82.5 Å². The van der Waals surface area contributed by atoms with Crippen molar-refractivity contribution in [1.82, 2.24) is 4.98 Å². The van der Waals surface area contributed by atoms with Crippen molar-refractivity contribution in [3.63, 3.8) is 0 Å². The fourth-order valence-electron chi connectivity index (χ4n) is 2.11. The molecule has 1 N–H and O–H groups in total. The average Bonchev–Trinajstić information content (AvgIpc) is 2.95. The highest BCUT2D eigenvalue weighted by Crippen LogP contribution is 2.41. The summed E-state index contributed by atoms with van der Waals surface area (Å²) >= 11 is 19.3. The van der Waals surface area contributed by atoms with E-state index in [2.05, 4.69) is 58.1 Å². The monoisotopic (exact) mass is 594 g/mol. The summed E-state index contributed by atoms with van der Waals surface area (Å²) in [6.07, 6.45) is 0. The maximum Gasteiger partial charge on any atom is 0.234 e. The number of para-hydroxylation sites is 1. The third kappa shape index (κ3) is 5.11. The Labute approximate surface area is 189 Å². The van der Waals surface area contributed by atoms with Crippen molar-refractivity contribution < 1.29 is 4.79 Å². The molecule has 1 aromatic heterocycles. The fourth-order valence-corrected chi connectivity index (χ4v) is 6.00. The predicted molar refractivity (Wildman–Crippen MR) is 121 cm³/mol. The van der Waals surface area contributed by atoms with E-state index < -0.39 is 0 Å². The zero-order valence-electron chi connectivity index (χ0n) is 12.9. The van der Waals surface area contributed by atoms with Crippen LogP contribution < -0.4 is 5.32 Å². The number of halogens is 4. The summed E-state index contributed by atoms with van der Waals surface area (Å²) in [6.45, 7) is 0. The van der Waals surface area contributed by atoms with E-state index in [-0.39, 0.29) is 11.7 Å². The number of carbonyl (C=O) groups is 1. The Morgan fingerprint density at radius 2 is 1.92 bits per heavy atom. The molecule has 0 aliphatic rings. The zero-order valence-corrected chi connectivity index (χ0v) is 20.1. The zero-order chi connectivity index (χ0) is 18.7. The van der Waals surface area contributed by atoms with E-state index in [1.807, 2.05) is 42.5 Å². The average molecular weight is 598 g/mol. The lowest BCUT2D eigenvalue weighted by atomic mass is 10.2. The molecule has 3 aromatic rings. The summed E-state index contributed by atoms with van der Waals surface area (Å²) in [6, 6.07) is 13.4. The Morgan fingerprint density at radius 1 is 1.15 bits per heavy atom. The van der Waals surface area contributed by atoms with Crippen LogP contribution in [0.2, 0.25) is 4.47 Å². The minimum absolute atomic E-state index is 0.0905. The van der Waals surface area contributed by atoms with Gasteiger partial charge in [-0.2, -0.15) is 0 Å². The number of hydrogen-bond donors (Lipinski definition) is 1. The first-order chi connectivity index (χ1) is 12.4. The molecule has 0 fully saturated rings. The highest BCUT2D eigenvalue weighted by molar-refractivity contribution is 9.11. The molecule has 3 rings (SSSR count). The van der Waals surface area contributed by atoms with Gasteiger partial charge in [-0.05, 0) is 40.2 Å². The Hall–Kier alpha value is -0.380. The van der Waals surface area contributed by atoms with Crippen molar-refractivity contribution in [3.05, 3.63) is 60.3 Å². The lowest BCUT2D eigenvalue weighted by Gasteiger charge is -2.08. The molecule has 0 bridgehead atoms. The third-order valence-corrected chi connectivity index (χ3v) is 7.50. The van der Waals surface area contributed by atoms with Crippen molar-refractivity contribution >= 4 is 94.1 Å². The van der Waals surface area contributed by atoms with Crippen molar-refractivity contribution in [2.45, 2.75) is 4.21 Å². The number of carbonyl (C=O) groups excluding carboxylic acids is 1. The molecule has 1 amide bonds.